The molecular weight excluding hydrogens is 270 g/mol. The van der Waals surface area contributed by atoms with Gasteiger partial charge >= 0.3 is 0 Å². The SMILES string of the molecule is CC1CCCC2(CSC(=NCCCn3ccnn3)N2)C1. The first kappa shape index (κ1) is 13.9. The third kappa shape index (κ3) is 3.34. The third-order valence-electron chi connectivity index (χ3n) is 4.22. The molecule has 1 aromatic rings. The summed E-state index contributed by atoms with van der Waals surface area (Å²) in [7, 11) is 0. The minimum Gasteiger partial charge on any atom is -0.359 e. The molecular formula is C14H23N5S. The van der Waals surface area contributed by atoms with E-state index in [1.54, 1.807) is 6.20 Å². The molecule has 1 aromatic heterocycles. The van der Waals surface area contributed by atoms with Crippen LogP contribution in [0.3, 0.4) is 0 Å². The highest BCUT2D eigenvalue weighted by Gasteiger charge is 2.40. The van der Waals surface area contributed by atoms with Crippen LogP contribution in [0.2, 0.25) is 0 Å². The molecule has 3 rings (SSSR count). The lowest BCUT2D eigenvalue weighted by atomic mass is 9.78. The van der Waals surface area contributed by atoms with Gasteiger partial charge in [0.1, 0.15) is 0 Å². The van der Waals surface area contributed by atoms with Gasteiger partial charge in [-0.2, -0.15) is 0 Å². The Bertz CT molecular complexity index is 458. The molecule has 2 fully saturated rings. The number of amidine groups is 1. The zero-order valence-corrected chi connectivity index (χ0v) is 12.9. The van der Waals surface area contributed by atoms with Crippen molar-refractivity contribution in [2.24, 2.45) is 10.9 Å². The number of rotatable bonds is 4. The quantitative estimate of drug-likeness (QED) is 0.866. The average Bonchev–Trinajstić information content (AvgIpc) is 3.05. The summed E-state index contributed by atoms with van der Waals surface area (Å²) in [5.74, 6) is 2.04. The van der Waals surface area contributed by atoms with E-state index >= 15 is 0 Å². The molecule has 6 heteroatoms. The molecule has 2 heterocycles. The van der Waals surface area contributed by atoms with Crippen molar-refractivity contribution in [3.63, 3.8) is 0 Å². The second-order valence-electron chi connectivity index (χ2n) is 6.10. The molecule has 5 nitrogen and oxygen atoms in total. The summed E-state index contributed by atoms with van der Waals surface area (Å²) in [5.41, 5.74) is 0.340. The molecule has 2 atom stereocenters. The summed E-state index contributed by atoms with van der Waals surface area (Å²) in [5, 5.41) is 12.6. The van der Waals surface area contributed by atoms with Gasteiger partial charge in [0.25, 0.3) is 0 Å². The van der Waals surface area contributed by atoms with Crippen molar-refractivity contribution in [1.29, 1.82) is 0 Å². The second-order valence-corrected chi connectivity index (χ2v) is 7.07. The summed E-state index contributed by atoms with van der Waals surface area (Å²) in [6, 6.07) is 0. The minimum absolute atomic E-state index is 0.340. The Kier molecular flexibility index (Phi) is 4.29. The van der Waals surface area contributed by atoms with E-state index in [1.165, 1.54) is 31.4 Å². The summed E-state index contributed by atoms with van der Waals surface area (Å²) in [6.07, 6.45) is 9.98. The predicted molar refractivity (Wildman–Crippen MR) is 82.9 cm³/mol. The van der Waals surface area contributed by atoms with Gasteiger partial charge in [-0.25, -0.2) is 0 Å². The largest absolute Gasteiger partial charge is 0.359 e. The Balaban J connectivity index is 1.45. The number of aryl methyl sites for hydroxylation is 1. The number of hydrogen-bond acceptors (Lipinski definition) is 4. The summed E-state index contributed by atoms with van der Waals surface area (Å²) >= 11 is 1.90. The van der Waals surface area contributed by atoms with Crippen LogP contribution in [-0.4, -0.2) is 38.0 Å². The van der Waals surface area contributed by atoms with E-state index < -0.39 is 0 Å². The maximum absolute atomic E-state index is 4.70. The molecule has 1 N–H and O–H groups in total. The lowest BCUT2D eigenvalue weighted by Crippen LogP contribution is -2.47. The first-order chi connectivity index (χ1) is 9.76. The molecule has 20 heavy (non-hydrogen) atoms. The van der Waals surface area contributed by atoms with Crippen LogP contribution in [0.25, 0.3) is 0 Å². The van der Waals surface area contributed by atoms with Gasteiger partial charge in [-0.3, -0.25) is 9.67 Å². The Morgan fingerprint density at radius 2 is 2.55 bits per heavy atom. The fourth-order valence-electron chi connectivity index (χ4n) is 3.26. The topological polar surface area (TPSA) is 55.1 Å². The van der Waals surface area contributed by atoms with Gasteiger partial charge in [-0.15, -0.1) is 5.10 Å². The summed E-state index contributed by atoms with van der Waals surface area (Å²) in [6.45, 7) is 4.13. The van der Waals surface area contributed by atoms with Gasteiger partial charge in [0.05, 0.1) is 6.20 Å². The van der Waals surface area contributed by atoms with Crippen molar-refractivity contribution >= 4 is 16.9 Å². The summed E-state index contributed by atoms with van der Waals surface area (Å²) in [4.78, 5) is 4.70. The Labute approximate surface area is 124 Å². The molecule has 1 aliphatic carbocycles. The lowest BCUT2D eigenvalue weighted by molar-refractivity contribution is 0.242. The highest BCUT2D eigenvalue weighted by molar-refractivity contribution is 8.14. The third-order valence-corrected chi connectivity index (χ3v) is 5.42. The zero-order valence-electron chi connectivity index (χ0n) is 12.1. The maximum Gasteiger partial charge on any atom is 0.157 e. The number of aliphatic imine (C=N–C) groups is 1. The van der Waals surface area contributed by atoms with E-state index in [-0.39, 0.29) is 0 Å². The van der Waals surface area contributed by atoms with Crippen molar-refractivity contribution in [3.05, 3.63) is 12.4 Å². The van der Waals surface area contributed by atoms with Crippen molar-refractivity contribution in [2.75, 3.05) is 12.3 Å². The Hall–Kier alpha value is -1.04. The standard InChI is InChI=1S/C14H23N5S/c1-12-4-2-5-14(10-12)11-20-13(17-14)15-6-3-8-19-9-7-16-18-19/h7,9,12H,2-6,8,10-11H2,1H3,(H,15,17). The molecule has 110 valence electrons. The monoisotopic (exact) mass is 293 g/mol. The van der Waals surface area contributed by atoms with Crippen LogP contribution in [0.5, 0.6) is 0 Å². The van der Waals surface area contributed by atoms with Crippen LogP contribution >= 0.6 is 11.8 Å². The first-order valence-corrected chi connectivity index (χ1v) is 8.54. The smallest absolute Gasteiger partial charge is 0.157 e. The van der Waals surface area contributed by atoms with E-state index in [0.29, 0.717) is 5.54 Å². The van der Waals surface area contributed by atoms with Crippen molar-refractivity contribution in [3.8, 4) is 0 Å². The Morgan fingerprint density at radius 3 is 3.35 bits per heavy atom. The molecule has 0 aromatic carbocycles. The lowest BCUT2D eigenvalue weighted by Gasteiger charge is -2.36. The fourth-order valence-corrected chi connectivity index (χ4v) is 4.48. The van der Waals surface area contributed by atoms with Crippen LogP contribution in [0, 0.1) is 5.92 Å². The molecule has 1 spiro atoms. The van der Waals surface area contributed by atoms with Gasteiger partial charge in [0.15, 0.2) is 5.17 Å². The second kappa shape index (κ2) is 6.16. The summed E-state index contributed by atoms with van der Waals surface area (Å²) < 4.78 is 1.86. The number of hydrogen-bond donors (Lipinski definition) is 1. The van der Waals surface area contributed by atoms with Crippen molar-refractivity contribution in [2.45, 2.75) is 51.1 Å². The van der Waals surface area contributed by atoms with Gasteiger partial charge < -0.3 is 5.32 Å². The number of thioether (sulfide) groups is 1. The van der Waals surface area contributed by atoms with Crippen LogP contribution < -0.4 is 5.32 Å². The normalized spacial score (nSPS) is 31.9. The molecule has 1 aliphatic heterocycles. The number of aromatic nitrogens is 3. The van der Waals surface area contributed by atoms with E-state index in [4.69, 9.17) is 4.99 Å². The van der Waals surface area contributed by atoms with E-state index in [9.17, 15) is 0 Å². The first-order valence-electron chi connectivity index (χ1n) is 7.55. The molecule has 0 radical (unpaired) electrons. The fraction of sp³-hybridized carbons (Fsp3) is 0.786. The van der Waals surface area contributed by atoms with E-state index in [1.807, 2.05) is 22.6 Å². The van der Waals surface area contributed by atoms with E-state index in [2.05, 4.69) is 22.6 Å². The average molecular weight is 293 g/mol. The Morgan fingerprint density at radius 1 is 1.60 bits per heavy atom. The van der Waals surface area contributed by atoms with Crippen LogP contribution in [0.15, 0.2) is 17.4 Å². The molecule has 2 unspecified atom stereocenters. The van der Waals surface area contributed by atoms with Gasteiger partial charge in [0, 0.05) is 30.6 Å². The molecule has 0 bridgehead atoms. The number of nitrogens with one attached hydrogen (secondary N) is 1. The van der Waals surface area contributed by atoms with Crippen LogP contribution in [-0.2, 0) is 6.54 Å². The van der Waals surface area contributed by atoms with Crippen molar-refractivity contribution < 1.29 is 0 Å². The molecule has 1 saturated carbocycles. The highest BCUT2D eigenvalue weighted by atomic mass is 32.2. The van der Waals surface area contributed by atoms with Crippen molar-refractivity contribution in [1.82, 2.24) is 20.3 Å². The van der Waals surface area contributed by atoms with Gasteiger partial charge in [0.2, 0.25) is 0 Å². The van der Waals surface area contributed by atoms with Crippen LogP contribution in [0.1, 0.15) is 39.0 Å². The zero-order chi connectivity index (χ0) is 13.8. The minimum atomic E-state index is 0.340. The number of nitrogens with zero attached hydrogens (tertiary/aromatic N) is 4. The van der Waals surface area contributed by atoms with Gasteiger partial charge in [-0.05, 0) is 25.2 Å². The van der Waals surface area contributed by atoms with Gasteiger partial charge in [-0.1, -0.05) is 36.7 Å². The maximum atomic E-state index is 4.70. The van der Waals surface area contributed by atoms with E-state index in [0.717, 1.165) is 30.6 Å². The molecule has 1 saturated heterocycles. The predicted octanol–water partition coefficient (Wildman–Crippen LogP) is 2.31. The molecule has 2 aliphatic rings. The molecule has 0 amide bonds. The van der Waals surface area contributed by atoms with Crippen LogP contribution in [0.4, 0.5) is 0 Å². The highest BCUT2D eigenvalue weighted by Crippen LogP contribution is 2.38.